The Bertz CT molecular complexity index is 323. The van der Waals surface area contributed by atoms with Gasteiger partial charge < -0.3 is 10.5 Å². The van der Waals surface area contributed by atoms with E-state index in [2.05, 4.69) is 0 Å². The molecule has 84 valence electrons. The van der Waals surface area contributed by atoms with Gasteiger partial charge in [0.15, 0.2) is 0 Å². The number of rotatable bonds is 4. The van der Waals surface area contributed by atoms with Crippen molar-refractivity contribution in [2.75, 3.05) is 6.61 Å². The van der Waals surface area contributed by atoms with Crippen molar-refractivity contribution < 1.29 is 9.13 Å². The van der Waals surface area contributed by atoms with Crippen LogP contribution in [0.1, 0.15) is 32.4 Å². The fourth-order valence-electron chi connectivity index (χ4n) is 1.34. The predicted molar refractivity (Wildman–Crippen MR) is 59.3 cm³/mol. The van der Waals surface area contributed by atoms with Crippen LogP contribution in [0.4, 0.5) is 4.39 Å². The van der Waals surface area contributed by atoms with Gasteiger partial charge in [-0.1, -0.05) is 19.9 Å². The summed E-state index contributed by atoms with van der Waals surface area (Å²) < 4.78 is 19.0. The Morgan fingerprint density at radius 1 is 1.33 bits per heavy atom. The highest BCUT2D eigenvalue weighted by Crippen LogP contribution is 2.26. The van der Waals surface area contributed by atoms with E-state index in [0.29, 0.717) is 23.8 Å². The zero-order chi connectivity index (χ0) is 11.4. The van der Waals surface area contributed by atoms with Crippen LogP contribution >= 0.6 is 0 Å². The molecule has 3 heteroatoms. The lowest BCUT2D eigenvalue weighted by atomic mass is 10.1. The largest absolute Gasteiger partial charge is 0.493 e. The van der Waals surface area contributed by atoms with E-state index < -0.39 is 0 Å². The SMILES string of the molecule is CC(C)COc1cccc(F)c1[C@H](C)N. The first kappa shape index (κ1) is 12.0. The minimum Gasteiger partial charge on any atom is -0.493 e. The molecule has 0 aromatic heterocycles. The molecule has 1 aromatic rings. The molecule has 0 heterocycles. The number of ether oxygens (including phenoxy) is 1. The fourth-order valence-corrected chi connectivity index (χ4v) is 1.34. The van der Waals surface area contributed by atoms with E-state index in [-0.39, 0.29) is 11.9 Å². The van der Waals surface area contributed by atoms with E-state index in [1.165, 1.54) is 6.07 Å². The molecule has 1 aromatic carbocycles. The Morgan fingerprint density at radius 3 is 2.53 bits per heavy atom. The van der Waals surface area contributed by atoms with Crippen LogP contribution in [0.25, 0.3) is 0 Å². The maximum Gasteiger partial charge on any atom is 0.131 e. The molecule has 0 saturated carbocycles. The summed E-state index contributed by atoms with van der Waals surface area (Å²) in [6.45, 7) is 6.42. The topological polar surface area (TPSA) is 35.2 Å². The molecule has 0 fully saturated rings. The summed E-state index contributed by atoms with van der Waals surface area (Å²) in [4.78, 5) is 0. The molecule has 0 aliphatic carbocycles. The van der Waals surface area contributed by atoms with Crippen LogP contribution in [-0.2, 0) is 0 Å². The minimum absolute atomic E-state index is 0.300. The zero-order valence-electron chi connectivity index (χ0n) is 9.46. The lowest BCUT2D eigenvalue weighted by Gasteiger charge is -2.15. The summed E-state index contributed by atoms with van der Waals surface area (Å²) in [6.07, 6.45) is 0. The third-order valence-corrected chi connectivity index (χ3v) is 2.04. The van der Waals surface area contributed by atoms with Crippen molar-refractivity contribution in [3.63, 3.8) is 0 Å². The van der Waals surface area contributed by atoms with Gasteiger partial charge in [0, 0.05) is 11.6 Å². The molecule has 0 unspecified atom stereocenters. The van der Waals surface area contributed by atoms with Crippen molar-refractivity contribution in [2.24, 2.45) is 11.7 Å². The van der Waals surface area contributed by atoms with Crippen molar-refractivity contribution in [1.82, 2.24) is 0 Å². The lowest BCUT2D eigenvalue weighted by molar-refractivity contribution is 0.266. The van der Waals surface area contributed by atoms with Gasteiger partial charge in [-0.05, 0) is 25.0 Å². The van der Waals surface area contributed by atoms with Crippen LogP contribution in [0.3, 0.4) is 0 Å². The lowest BCUT2D eigenvalue weighted by Crippen LogP contribution is -2.12. The molecule has 0 amide bonds. The number of nitrogens with two attached hydrogens (primary N) is 1. The van der Waals surface area contributed by atoms with Gasteiger partial charge in [-0.25, -0.2) is 4.39 Å². The van der Waals surface area contributed by atoms with Gasteiger partial charge in [-0.2, -0.15) is 0 Å². The normalized spacial score (nSPS) is 12.9. The first-order valence-electron chi connectivity index (χ1n) is 5.19. The highest BCUT2D eigenvalue weighted by Gasteiger charge is 2.13. The maximum atomic E-state index is 13.5. The zero-order valence-corrected chi connectivity index (χ0v) is 9.46. The van der Waals surface area contributed by atoms with Gasteiger partial charge in [-0.15, -0.1) is 0 Å². The Balaban J connectivity index is 2.91. The van der Waals surface area contributed by atoms with E-state index in [1.54, 1.807) is 19.1 Å². The van der Waals surface area contributed by atoms with Crippen LogP contribution in [0.2, 0.25) is 0 Å². The second kappa shape index (κ2) is 5.12. The van der Waals surface area contributed by atoms with Gasteiger partial charge >= 0.3 is 0 Å². The fraction of sp³-hybridized carbons (Fsp3) is 0.500. The molecule has 0 spiro atoms. The highest BCUT2D eigenvalue weighted by molar-refractivity contribution is 5.36. The Hall–Kier alpha value is -1.09. The average molecular weight is 211 g/mol. The average Bonchev–Trinajstić information content (AvgIpc) is 2.13. The van der Waals surface area contributed by atoms with Crippen molar-refractivity contribution >= 4 is 0 Å². The van der Waals surface area contributed by atoms with E-state index in [4.69, 9.17) is 10.5 Å². The highest BCUT2D eigenvalue weighted by atomic mass is 19.1. The second-order valence-electron chi connectivity index (χ2n) is 4.15. The van der Waals surface area contributed by atoms with E-state index in [9.17, 15) is 4.39 Å². The number of hydrogen-bond donors (Lipinski definition) is 1. The molecular formula is C12H18FNO. The molecule has 15 heavy (non-hydrogen) atoms. The molecule has 2 N–H and O–H groups in total. The molecule has 0 saturated heterocycles. The van der Waals surface area contributed by atoms with E-state index >= 15 is 0 Å². The van der Waals surface area contributed by atoms with E-state index in [1.807, 2.05) is 13.8 Å². The second-order valence-corrected chi connectivity index (χ2v) is 4.15. The van der Waals surface area contributed by atoms with Crippen molar-refractivity contribution in [3.8, 4) is 5.75 Å². The summed E-state index contributed by atoms with van der Waals surface area (Å²) in [5, 5.41) is 0. The van der Waals surface area contributed by atoms with Crippen LogP contribution in [0.5, 0.6) is 5.75 Å². The van der Waals surface area contributed by atoms with Crippen LogP contribution < -0.4 is 10.5 Å². The Labute approximate surface area is 90.2 Å². The molecule has 0 aliphatic rings. The minimum atomic E-state index is -0.353. The summed E-state index contributed by atoms with van der Waals surface area (Å²) in [5.74, 6) is 0.666. The summed E-state index contributed by atoms with van der Waals surface area (Å²) in [5.41, 5.74) is 6.16. The molecule has 2 nitrogen and oxygen atoms in total. The Morgan fingerprint density at radius 2 is 2.00 bits per heavy atom. The predicted octanol–water partition coefficient (Wildman–Crippen LogP) is 2.88. The first-order chi connectivity index (χ1) is 7.02. The number of hydrogen-bond acceptors (Lipinski definition) is 2. The summed E-state index contributed by atoms with van der Waals surface area (Å²) in [7, 11) is 0. The van der Waals surface area contributed by atoms with E-state index in [0.717, 1.165) is 0 Å². The molecule has 0 aliphatic heterocycles. The molecular weight excluding hydrogens is 193 g/mol. The molecule has 0 radical (unpaired) electrons. The van der Waals surface area contributed by atoms with Gasteiger partial charge in [0.1, 0.15) is 11.6 Å². The van der Waals surface area contributed by atoms with Crippen LogP contribution in [-0.4, -0.2) is 6.61 Å². The van der Waals surface area contributed by atoms with Crippen molar-refractivity contribution in [3.05, 3.63) is 29.6 Å². The van der Waals surface area contributed by atoms with Crippen LogP contribution in [0.15, 0.2) is 18.2 Å². The third-order valence-electron chi connectivity index (χ3n) is 2.04. The van der Waals surface area contributed by atoms with Crippen molar-refractivity contribution in [1.29, 1.82) is 0 Å². The smallest absolute Gasteiger partial charge is 0.131 e. The molecule has 1 rings (SSSR count). The van der Waals surface area contributed by atoms with Gasteiger partial charge in [0.25, 0.3) is 0 Å². The number of halogens is 1. The standard InChI is InChI=1S/C12H18FNO/c1-8(2)7-15-11-6-4-5-10(13)12(11)9(3)14/h4-6,8-9H,7,14H2,1-3H3/t9-/m0/s1. The van der Waals surface area contributed by atoms with Gasteiger partial charge in [0.2, 0.25) is 0 Å². The Kier molecular flexibility index (Phi) is 4.09. The van der Waals surface area contributed by atoms with Gasteiger partial charge in [0.05, 0.1) is 6.61 Å². The monoisotopic (exact) mass is 211 g/mol. The van der Waals surface area contributed by atoms with Crippen LogP contribution in [0, 0.1) is 11.7 Å². The first-order valence-corrected chi connectivity index (χ1v) is 5.19. The molecule has 0 bridgehead atoms. The maximum absolute atomic E-state index is 13.5. The summed E-state index contributed by atoms with van der Waals surface area (Å²) >= 11 is 0. The van der Waals surface area contributed by atoms with Gasteiger partial charge in [-0.3, -0.25) is 0 Å². The number of benzene rings is 1. The third kappa shape index (κ3) is 3.20. The molecule has 1 atom stereocenters. The quantitative estimate of drug-likeness (QED) is 0.831. The summed E-state index contributed by atoms with van der Waals surface area (Å²) in [6, 6.07) is 4.44. The van der Waals surface area contributed by atoms with Crippen molar-refractivity contribution in [2.45, 2.75) is 26.8 Å².